The number of carbonyl (C=O) groups excluding carboxylic acids is 2. The van der Waals surface area contributed by atoms with Gasteiger partial charge in [-0.05, 0) is 38.1 Å². The van der Waals surface area contributed by atoms with Crippen molar-refractivity contribution in [2.24, 2.45) is 0 Å². The van der Waals surface area contributed by atoms with Gasteiger partial charge in [0.15, 0.2) is 6.61 Å². The van der Waals surface area contributed by atoms with Gasteiger partial charge in [-0.2, -0.15) is 0 Å². The van der Waals surface area contributed by atoms with E-state index in [4.69, 9.17) is 9.47 Å². The molecule has 1 fully saturated rings. The van der Waals surface area contributed by atoms with Crippen molar-refractivity contribution in [2.75, 3.05) is 32.1 Å². The summed E-state index contributed by atoms with van der Waals surface area (Å²) in [6, 6.07) is 7.33. The van der Waals surface area contributed by atoms with Crippen molar-refractivity contribution in [3.8, 4) is 5.75 Å². The van der Waals surface area contributed by atoms with E-state index in [1.807, 2.05) is 0 Å². The Hall–Kier alpha value is -2.12. The first-order valence-corrected chi connectivity index (χ1v) is 9.01. The second-order valence-corrected chi connectivity index (χ2v) is 6.71. The lowest BCUT2D eigenvalue weighted by molar-refractivity contribution is -0.124. The number of likely N-dealkylation sites (tertiary alicyclic amines) is 1. The zero-order valence-electron chi connectivity index (χ0n) is 16.0. The number of hydrogen-bond acceptors (Lipinski definition) is 5. The molecule has 144 valence electrons. The molecule has 1 saturated heterocycles. The van der Waals surface area contributed by atoms with Gasteiger partial charge in [-0.1, -0.05) is 6.92 Å². The molecule has 0 radical (unpaired) electrons. The first-order valence-electron chi connectivity index (χ1n) is 9.01. The van der Waals surface area contributed by atoms with E-state index in [2.05, 4.69) is 29.4 Å². The van der Waals surface area contributed by atoms with E-state index in [-0.39, 0.29) is 30.6 Å². The summed E-state index contributed by atoms with van der Waals surface area (Å²) in [5.74, 6) is 0.358. The van der Waals surface area contributed by atoms with Crippen LogP contribution in [0.15, 0.2) is 24.3 Å². The number of hydrogen-bond donors (Lipinski definition) is 2. The van der Waals surface area contributed by atoms with E-state index in [1.165, 1.54) is 0 Å². The molecular formula is C19H29N3O4. The number of nitrogens with zero attached hydrogens (tertiary/aromatic N) is 1. The molecule has 1 aromatic carbocycles. The molecule has 0 aromatic heterocycles. The molecule has 2 rings (SSSR count). The summed E-state index contributed by atoms with van der Waals surface area (Å²) in [6.07, 6.45) is 0.416. The summed E-state index contributed by atoms with van der Waals surface area (Å²) in [5, 5.41) is 5.76. The maximum Gasteiger partial charge on any atom is 0.258 e. The quantitative estimate of drug-likeness (QED) is 0.734. The lowest BCUT2D eigenvalue weighted by Gasteiger charge is -2.20. The second-order valence-electron chi connectivity index (χ2n) is 6.71. The van der Waals surface area contributed by atoms with Crippen molar-refractivity contribution >= 4 is 17.5 Å². The standard InChI is InChI=1S/C19H29N3O4/c1-5-18(23)20-14-6-8-15(9-7-14)26-12-19(24)21-16-10-22(13(2)3)11-17(16)25-4/h6-9,13,16-17H,5,10-12H2,1-4H3,(H,20,23)(H,21,24)/t16-,17-/m0/s1. The van der Waals surface area contributed by atoms with Gasteiger partial charge in [0.1, 0.15) is 5.75 Å². The monoisotopic (exact) mass is 363 g/mol. The van der Waals surface area contributed by atoms with Crippen LogP contribution in [0.2, 0.25) is 0 Å². The van der Waals surface area contributed by atoms with E-state index >= 15 is 0 Å². The highest BCUT2D eigenvalue weighted by Gasteiger charge is 2.34. The Bertz CT molecular complexity index is 603. The third-order valence-electron chi connectivity index (χ3n) is 4.50. The zero-order chi connectivity index (χ0) is 19.1. The molecule has 2 amide bonds. The predicted molar refractivity (Wildman–Crippen MR) is 100 cm³/mol. The highest BCUT2D eigenvalue weighted by atomic mass is 16.5. The van der Waals surface area contributed by atoms with Gasteiger partial charge in [-0.15, -0.1) is 0 Å². The second kappa shape index (κ2) is 9.54. The van der Waals surface area contributed by atoms with Crippen LogP contribution in [0.3, 0.4) is 0 Å². The largest absolute Gasteiger partial charge is 0.484 e. The molecule has 1 aliphatic heterocycles. The van der Waals surface area contributed by atoms with Crippen LogP contribution < -0.4 is 15.4 Å². The third-order valence-corrected chi connectivity index (χ3v) is 4.50. The molecule has 7 heteroatoms. The summed E-state index contributed by atoms with van der Waals surface area (Å²) in [6.45, 7) is 7.58. The molecule has 0 spiro atoms. The minimum absolute atomic E-state index is 0.0113. The van der Waals surface area contributed by atoms with Crippen molar-refractivity contribution in [1.29, 1.82) is 0 Å². The Balaban J connectivity index is 1.80. The third kappa shape index (κ3) is 5.71. The van der Waals surface area contributed by atoms with Crippen LogP contribution in [-0.4, -0.2) is 61.7 Å². The normalized spacial score (nSPS) is 20.2. The van der Waals surface area contributed by atoms with Crippen molar-refractivity contribution in [2.45, 2.75) is 45.4 Å². The average Bonchev–Trinajstić information content (AvgIpc) is 3.04. The van der Waals surface area contributed by atoms with Gasteiger partial charge in [-0.25, -0.2) is 0 Å². The molecular weight excluding hydrogens is 334 g/mol. The number of nitrogens with one attached hydrogen (secondary N) is 2. The lowest BCUT2D eigenvalue weighted by Crippen LogP contribution is -2.45. The number of benzene rings is 1. The maximum atomic E-state index is 12.2. The van der Waals surface area contributed by atoms with E-state index in [1.54, 1.807) is 38.3 Å². The summed E-state index contributed by atoms with van der Waals surface area (Å²) >= 11 is 0. The van der Waals surface area contributed by atoms with Crippen LogP contribution >= 0.6 is 0 Å². The number of methoxy groups -OCH3 is 1. The lowest BCUT2D eigenvalue weighted by atomic mass is 10.2. The molecule has 1 aromatic rings. The zero-order valence-corrected chi connectivity index (χ0v) is 16.0. The minimum atomic E-state index is -0.175. The number of rotatable bonds is 8. The van der Waals surface area contributed by atoms with Crippen LogP contribution in [0, 0.1) is 0 Å². The first kappa shape index (κ1) is 20.2. The minimum Gasteiger partial charge on any atom is -0.484 e. The number of carbonyl (C=O) groups is 2. The molecule has 0 saturated carbocycles. The SMILES string of the molecule is CCC(=O)Nc1ccc(OCC(=O)N[C@H]2CN(C(C)C)C[C@@H]2OC)cc1. The van der Waals surface area contributed by atoms with E-state index in [0.29, 0.717) is 23.9 Å². The molecule has 0 bridgehead atoms. The smallest absolute Gasteiger partial charge is 0.258 e. The molecule has 1 heterocycles. The molecule has 2 N–H and O–H groups in total. The fraction of sp³-hybridized carbons (Fsp3) is 0.579. The number of ether oxygens (including phenoxy) is 2. The van der Waals surface area contributed by atoms with Crippen molar-refractivity contribution in [3.05, 3.63) is 24.3 Å². The first-order chi connectivity index (χ1) is 12.4. The molecule has 26 heavy (non-hydrogen) atoms. The average molecular weight is 363 g/mol. The topological polar surface area (TPSA) is 79.9 Å². The van der Waals surface area contributed by atoms with Gasteiger partial charge < -0.3 is 20.1 Å². The van der Waals surface area contributed by atoms with Crippen LogP contribution in [0.1, 0.15) is 27.2 Å². The van der Waals surface area contributed by atoms with Gasteiger partial charge in [0.05, 0.1) is 12.1 Å². The molecule has 0 unspecified atom stereocenters. The predicted octanol–water partition coefficient (Wildman–Crippen LogP) is 1.64. The fourth-order valence-electron chi connectivity index (χ4n) is 2.88. The van der Waals surface area contributed by atoms with E-state index in [0.717, 1.165) is 13.1 Å². The Morgan fingerprint density at radius 3 is 2.46 bits per heavy atom. The van der Waals surface area contributed by atoms with Gasteiger partial charge in [0.25, 0.3) is 5.91 Å². The van der Waals surface area contributed by atoms with Gasteiger partial charge in [-0.3, -0.25) is 14.5 Å². The Morgan fingerprint density at radius 2 is 1.88 bits per heavy atom. The Morgan fingerprint density at radius 1 is 1.19 bits per heavy atom. The Labute approximate surface area is 155 Å². The van der Waals surface area contributed by atoms with Crippen molar-refractivity contribution < 1.29 is 19.1 Å². The Kier molecular flexibility index (Phi) is 7.41. The highest BCUT2D eigenvalue weighted by molar-refractivity contribution is 5.90. The van der Waals surface area contributed by atoms with Crippen molar-refractivity contribution in [1.82, 2.24) is 10.2 Å². The molecule has 1 aliphatic rings. The number of amides is 2. The van der Waals surface area contributed by atoms with Crippen LogP contribution in [0.4, 0.5) is 5.69 Å². The van der Waals surface area contributed by atoms with Gasteiger partial charge in [0, 0.05) is 38.3 Å². The van der Waals surface area contributed by atoms with Crippen LogP contribution in [0.5, 0.6) is 5.75 Å². The summed E-state index contributed by atoms with van der Waals surface area (Å²) in [5.41, 5.74) is 0.705. The highest BCUT2D eigenvalue weighted by Crippen LogP contribution is 2.17. The van der Waals surface area contributed by atoms with Gasteiger partial charge >= 0.3 is 0 Å². The molecule has 0 aliphatic carbocycles. The molecule has 2 atom stereocenters. The van der Waals surface area contributed by atoms with Crippen LogP contribution in [0.25, 0.3) is 0 Å². The van der Waals surface area contributed by atoms with E-state index < -0.39 is 0 Å². The number of anilines is 1. The van der Waals surface area contributed by atoms with E-state index in [9.17, 15) is 9.59 Å². The van der Waals surface area contributed by atoms with Crippen molar-refractivity contribution in [3.63, 3.8) is 0 Å². The summed E-state index contributed by atoms with van der Waals surface area (Å²) in [7, 11) is 1.67. The molecule has 7 nitrogen and oxygen atoms in total. The summed E-state index contributed by atoms with van der Waals surface area (Å²) in [4.78, 5) is 25.8. The summed E-state index contributed by atoms with van der Waals surface area (Å²) < 4.78 is 11.0. The fourth-order valence-corrected chi connectivity index (χ4v) is 2.88. The van der Waals surface area contributed by atoms with Gasteiger partial charge in [0.2, 0.25) is 5.91 Å². The van der Waals surface area contributed by atoms with Crippen LogP contribution in [-0.2, 0) is 14.3 Å². The maximum absolute atomic E-state index is 12.2.